The molecule has 0 saturated heterocycles. The number of hydrogen-bond acceptors (Lipinski definition) is 4. The van der Waals surface area contributed by atoms with Crippen LogP contribution in [0.25, 0.3) is 0 Å². The molecule has 0 spiro atoms. The van der Waals surface area contributed by atoms with Crippen molar-refractivity contribution in [3.8, 4) is 0 Å². The highest BCUT2D eigenvalue weighted by Crippen LogP contribution is 2.47. The quantitative estimate of drug-likeness (QED) is 0.580. The first-order valence-electron chi connectivity index (χ1n) is 6.59. The maximum absolute atomic E-state index is 12.0. The third-order valence-electron chi connectivity index (χ3n) is 4.20. The van der Waals surface area contributed by atoms with E-state index in [4.69, 9.17) is 9.47 Å². The zero-order chi connectivity index (χ0) is 14.0. The summed E-state index contributed by atoms with van der Waals surface area (Å²) in [5, 5.41) is 0. The molecule has 0 heterocycles. The van der Waals surface area contributed by atoms with Gasteiger partial charge in [-0.3, -0.25) is 9.59 Å². The Kier molecular flexibility index (Phi) is 3.78. The van der Waals surface area contributed by atoms with Crippen LogP contribution in [-0.2, 0) is 19.1 Å². The minimum Gasteiger partial charge on any atom is -0.468 e. The van der Waals surface area contributed by atoms with E-state index in [2.05, 4.69) is 12.7 Å². The molecule has 2 rings (SSSR count). The highest BCUT2D eigenvalue weighted by atomic mass is 16.5. The van der Waals surface area contributed by atoms with Crippen molar-refractivity contribution in [1.82, 2.24) is 0 Å². The highest BCUT2D eigenvalue weighted by Gasteiger charge is 2.53. The molecule has 0 aliphatic heterocycles. The largest absolute Gasteiger partial charge is 0.468 e. The maximum Gasteiger partial charge on any atom is 0.323 e. The van der Waals surface area contributed by atoms with Crippen LogP contribution in [-0.4, -0.2) is 26.2 Å². The van der Waals surface area contributed by atoms with Gasteiger partial charge in [0.15, 0.2) is 5.41 Å². The summed E-state index contributed by atoms with van der Waals surface area (Å²) in [4.78, 5) is 24.0. The van der Waals surface area contributed by atoms with Gasteiger partial charge in [0.2, 0.25) is 0 Å². The summed E-state index contributed by atoms with van der Waals surface area (Å²) in [6.07, 6.45) is 6.42. The van der Waals surface area contributed by atoms with Crippen LogP contribution < -0.4 is 0 Å². The number of carbonyl (C=O) groups excluding carboxylic acids is 2. The van der Waals surface area contributed by atoms with Gasteiger partial charge in [-0.1, -0.05) is 24.6 Å². The van der Waals surface area contributed by atoms with Gasteiger partial charge in [0.1, 0.15) is 0 Å². The summed E-state index contributed by atoms with van der Waals surface area (Å²) in [6, 6.07) is 0. The van der Waals surface area contributed by atoms with Crippen molar-refractivity contribution < 1.29 is 19.1 Å². The molecule has 0 unspecified atom stereocenters. The summed E-state index contributed by atoms with van der Waals surface area (Å²) in [5.74, 6) is -0.493. The lowest BCUT2D eigenvalue weighted by Gasteiger charge is -2.23. The lowest BCUT2D eigenvalue weighted by Crippen LogP contribution is -2.38. The zero-order valence-corrected chi connectivity index (χ0v) is 11.5. The van der Waals surface area contributed by atoms with Crippen LogP contribution >= 0.6 is 0 Å². The summed E-state index contributed by atoms with van der Waals surface area (Å²) < 4.78 is 9.59. The van der Waals surface area contributed by atoms with Crippen LogP contribution in [0.1, 0.15) is 32.1 Å². The minimum absolute atomic E-state index is 0.297. The molecule has 2 aliphatic carbocycles. The van der Waals surface area contributed by atoms with E-state index in [-0.39, 0.29) is 0 Å². The first kappa shape index (κ1) is 13.8. The van der Waals surface area contributed by atoms with Crippen molar-refractivity contribution in [2.24, 2.45) is 11.3 Å². The molecule has 2 aliphatic rings. The Hall–Kier alpha value is -1.58. The first-order chi connectivity index (χ1) is 9.03. The van der Waals surface area contributed by atoms with E-state index in [1.165, 1.54) is 33.5 Å². The lowest BCUT2D eigenvalue weighted by molar-refractivity contribution is -0.168. The molecule has 0 bridgehead atoms. The number of methoxy groups -OCH3 is 2. The molecule has 0 aromatic carbocycles. The number of rotatable bonds is 3. The Morgan fingerprint density at radius 2 is 1.79 bits per heavy atom. The van der Waals surface area contributed by atoms with Gasteiger partial charge in [-0.2, -0.15) is 0 Å². The summed E-state index contributed by atoms with van der Waals surface area (Å²) in [7, 11) is 2.59. The van der Waals surface area contributed by atoms with Crippen molar-refractivity contribution >= 4 is 11.9 Å². The fourth-order valence-corrected chi connectivity index (χ4v) is 2.82. The third kappa shape index (κ3) is 2.31. The van der Waals surface area contributed by atoms with E-state index < -0.39 is 17.4 Å². The zero-order valence-electron chi connectivity index (χ0n) is 11.5. The van der Waals surface area contributed by atoms with Gasteiger partial charge >= 0.3 is 11.9 Å². The normalized spacial score (nSPS) is 24.1. The van der Waals surface area contributed by atoms with Crippen LogP contribution in [0.4, 0.5) is 0 Å². The second-order valence-corrected chi connectivity index (χ2v) is 5.41. The maximum atomic E-state index is 12.0. The van der Waals surface area contributed by atoms with Crippen molar-refractivity contribution in [2.45, 2.75) is 32.1 Å². The van der Waals surface area contributed by atoms with E-state index >= 15 is 0 Å². The fourth-order valence-electron chi connectivity index (χ4n) is 2.82. The van der Waals surface area contributed by atoms with E-state index in [9.17, 15) is 9.59 Å². The predicted molar refractivity (Wildman–Crippen MR) is 70.3 cm³/mol. The first-order valence-corrected chi connectivity index (χ1v) is 6.59. The molecular formula is C15H20O4. The van der Waals surface area contributed by atoms with Crippen LogP contribution in [0, 0.1) is 11.3 Å². The number of esters is 2. The summed E-state index contributed by atoms with van der Waals surface area (Å²) >= 11 is 0. The second-order valence-electron chi connectivity index (χ2n) is 5.41. The van der Waals surface area contributed by atoms with E-state index in [1.54, 1.807) is 0 Å². The molecule has 0 radical (unpaired) electrons. The van der Waals surface area contributed by atoms with Gasteiger partial charge in [-0.05, 0) is 37.2 Å². The van der Waals surface area contributed by atoms with Crippen LogP contribution in [0.2, 0.25) is 0 Å². The van der Waals surface area contributed by atoms with Crippen LogP contribution in [0.15, 0.2) is 23.8 Å². The Morgan fingerprint density at radius 3 is 2.21 bits per heavy atom. The molecule has 2 saturated carbocycles. The highest BCUT2D eigenvalue weighted by molar-refractivity contribution is 6.01. The van der Waals surface area contributed by atoms with Crippen molar-refractivity contribution in [3.63, 3.8) is 0 Å². The molecule has 0 amide bonds. The standard InChI is InChI=1S/C15H20O4/c1-10-8-15(13(16)18-2,14(17)19-3)9-12(10)7-11-5-4-6-11/h7,11H,1,4-6,8-9H2,2-3H3/b12-7+. The molecule has 0 N–H and O–H groups in total. The molecule has 104 valence electrons. The predicted octanol–water partition coefficient (Wildman–Crippen LogP) is 2.40. The monoisotopic (exact) mass is 264 g/mol. The topological polar surface area (TPSA) is 52.6 Å². The van der Waals surface area contributed by atoms with E-state index in [0.717, 1.165) is 11.1 Å². The molecule has 0 atom stereocenters. The van der Waals surface area contributed by atoms with Crippen LogP contribution in [0.5, 0.6) is 0 Å². The summed E-state index contributed by atoms with van der Waals surface area (Å²) in [6.45, 7) is 3.99. The molecule has 0 aromatic rings. The number of hydrogen-bond donors (Lipinski definition) is 0. The third-order valence-corrected chi connectivity index (χ3v) is 4.20. The molecule has 0 aromatic heterocycles. The van der Waals surface area contributed by atoms with Crippen molar-refractivity contribution in [1.29, 1.82) is 0 Å². The van der Waals surface area contributed by atoms with Gasteiger partial charge < -0.3 is 9.47 Å². The SMILES string of the molecule is C=C1CC(C(=O)OC)(C(=O)OC)C/C1=C\C1CCC1. The van der Waals surface area contributed by atoms with E-state index in [1.807, 2.05) is 0 Å². The molecule has 4 nitrogen and oxygen atoms in total. The Balaban J connectivity index is 2.27. The van der Waals surface area contributed by atoms with Gasteiger partial charge in [0.25, 0.3) is 0 Å². The Bertz CT molecular complexity index is 427. The number of carbonyl (C=O) groups is 2. The molecule has 2 fully saturated rings. The average molecular weight is 264 g/mol. The molecule has 19 heavy (non-hydrogen) atoms. The minimum atomic E-state index is -1.23. The van der Waals surface area contributed by atoms with Crippen molar-refractivity contribution in [3.05, 3.63) is 23.8 Å². The lowest BCUT2D eigenvalue weighted by atomic mass is 9.82. The van der Waals surface area contributed by atoms with Gasteiger partial charge in [0, 0.05) is 0 Å². The number of allylic oxidation sites excluding steroid dienone is 3. The van der Waals surface area contributed by atoms with Crippen molar-refractivity contribution in [2.75, 3.05) is 14.2 Å². The number of ether oxygens (including phenoxy) is 2. The fraction of sp³-hybridized carbons (Fsp3) is 0.600. The average Bonchev–Trinajstić information content (AvgIpc) is 2.70. The second kappa shape index (κ2) is 5.19. The Morgan fingerprint density at radius 1 is 1.21 bits per heavy atom. The summed E-state index contributed by atoms with van der Waals surface area (Å²) in [5.41, 5.74) is 0.638. The molecular weight excluding hydrogens is 244 g/mol. The smallest absolute Gasteiger partial charge is 0.323 e. The van der Waals surface area contributed by atoms with Gasteiger partial charge in [0.05, 0.1) is 14.2 Å². The molecule has 4 heteroatoms. The van der Waals surface area contributed by atoms with Gasteiger partial charge in [-0.15, -0.1) is 0 Å². The van der Waals surface area contributed by atoms with E-state index in [0.29, 0.717) is 18.8 Å². The van der Waals surface area contributed by atoms with Gasteiger partial charge in [-0.25, -0.2) is 0 Å². The van der Waals surface area contributed by atoms with Crippen LogP contribution in [0.3, 0.4) is 0 Å². The Labute approximate surface area is 113 Å².